The molecule has 1 saturated heterocycles. The highest BCUT2D eigenvalue weighted by Gasteiger charge is 2.22. The molecule has 2 rings (SSSR count). The molecule has 0 aromatic heterocycles. The van der Waals surface area contributed by atoms with Gasteiger partial charge in [-0.05, 0) is 44.0 Å². The summed E-state index contributed by atoms with van der Waals surface area (Å²) in [5.41, 5.74) is 6.25. The SMILES string of the molecule is CC1CCC(COC(=O)CCOc2ccc(N)cc2)O1. The fourth-order valence-electron chi connectivity index (χ4n) is 2.08. The maximum Gasteiger partial charge on any atom is 0.309 e. The van der Waals surface area contributed by atoms with Crippen LogP contribution in [0.2, 0.25) is 0 Å². The minimum atomic E-state index is -0.261. The molecule has 5 nitrogen and oxygen atoms in total. The lowest BCUT2D eigenvalue weighted by Crippen LogP contribution is -2.20. The smallest absolute Gasteiger partial charge is 0.309 e. The van der Waals surface area contributed by atoms with E-state index in [1.165, 1.54) is 0 Å². The summed E-state index contributed by atoms with van der Waals surface area (Å²) in [7, 11) is 0. The van der Waals surface area contributed by atoms with E-state index in [9.17, 15) is 4.79 Å². The van der Waals surface area contributed by atoms with Crippen molar-refractivity contribution < 1.29 is 19.0 Å². The minimum Gasteiger partial charge on any atom is -0.493 e. The van der Waals surface area contributed by atoms with E-state index in [-0.39, 0.29) is 24.6 Å². The standard InChI is InChI=1S/C15H21NO4/c1-11-2-5-14(20-11)10-19-15(17)8-9-18-13-6-3-12(16)4-7-13/h3-4,6-7,11,14H,2,5,8-10,16H2,1H3. The van der Waals surface area contributed by atoms with Gasteiger partial charge in [0, 0.05) is 5.69 Å². The Bertz CT molecular complexity index is 432. The molecular formula is C15H21NO4. The van der Waals surface area contributed by atoms with E-state index in [1.807, 2.05) is 6.92 Å². The fraction of sp³-hybridized carbons (Fsp3) is 0.533. The molecule has 0 radical (unpaired) electrons. The lowest BCUT2D eigenvalue weighted by Gasteiger charge is -2.12. The molecule has 20 heavy (non-hydrogen) atoms. The van der Waals surface area contributed by atoms with Crippen molar-refractivity contribution in [1.29, 1.82) is 0 Å². The Kier molecular flexibility index (Phi) is 5.24. The Morgan fingerprint density at radius 3 is 2.75 bits per heavy atom. The average molecular weight is 279 g/mol. The summed E-state index contributed by atoms with van der Waals surface area (Å²) in [4.78, 5) is 11.5. The highest BCUT2D eigenvalue weighted by molar-refractivity contribution is 5.69. The summed E-state index contributed by atoms with van der Waals surface area (Å²) < 4.78 is 16.2. The van der Waals surface area contributed by atoms with Gasteiger partial charge in [0.15, 0.2) is 0 Å². The molecule has 0 saturated carbocycles. The van der Waals surface area contributed by atoms with E-state index >= 15 is 0 Å². The topological polar surface area (TPSA) is 70.8 Å². The number of benzene rings is 1. The molecule has 1 aromatic carbocycles. The maximum absolute atomic E-state index is 11.5. The van der Waals surface area contributed by atoms with Gasteiger partial charge in [-0.3, -0.25) is 4.79 Å². The van der Waals surface area contributed by atoms with Crippen molar-refractivity contribution in [3.63, 3.8) is 0 Å². The first kappa shape index (κ1) is 14.7. The van der Waals surface area contributed by atoms with Crippen molar-refractivity contribution >= 4 is 11.7 Å². The van der Waals surface area contributed by atoms with E-state index in [4.69, 9.17) is 19.9 Å². The van der Waals surface area contributed by atoms with Crippen LogP contribution in [0.25, 0.3) is 0 Å². The van der Waals surface area contributed by atoms with Crippen LogP contribution in [0.5, 0.6) is 5.75 Å². The first-order valence-electron chi connectivity index (χ1n) is 6.93. The summed E-state index contributed by atoms with van der Waals surface area (Å²) >= 11 is 0. The second kappa shape index (κ2) is 7.14. The van der Waals surface area contributed by atoms with Gasteiger partial charge in [0.1, 0.15) is 12.4 Å². The zero-order valence-electron chi connectivity index (χ0n) is 11.7. The van der Waals surface area contributed by atoms with E-state index in [0.717, 1.165) is 12.8 Å². The largest absolute Gasteiger partial charge is 0.493 e. The highest BCUT2D eigenvalue weighted by atomic mass is 16.6. The molecule has 1 aromatic rings. The van der Waals surface area contributed by atoms with Crippen molar-refractivity contribution in [2.45, 2.75) is 38.4 Å². The summed E-state index contributed by atoms with van der Waals surface area (Å²) in [6, 6.07) is 7.06. The quantitative estimate of drug-likeness (QED) is 0.638. The molecule has 5 heteroatoms. The molecule has 1 heterocycles. The van der Waals surface area contributed by atoms with Crippen LogP contribution in [-0.2, 0) is 14.3 Å². The summed E-state index contributed by atoms with van der Waals surface area (Å²) in [6.07, 6.45) is 2.53. The zero-order chi connectivity index (χ0) is 14.4. The van der Waals surface area contributed by atoms with E-state index in [0.29, 0.717) is 24.7 Å². The van der Waals surface area contributed by atoms with Crippen molar-refractivity contribution in [3.8, 4) is 5.75 Å². The van der Waals surface area contributed by atoms with Crippen LogP contribution in [0.1, 0.15) is 26.2 Å². The molecule has 2 N–H and O–H groups in total. The third-order valence-electron chi connectivity index (χ3n) is 3.21. The number of ether oxygens (including phenoxy) is 3. The second-order valence-electron chi connectivity index (χ2n) is 5.00. The molecule has 1 aliphatic heterocycles. The predicted octanol–water partition coefficient (Wildman–Crippen LogP) is 2.15. The van der Waals surface area contributed by atoms with Crippen LogP contribution >= 0.6 is 0 Å². The fourth-order valence-corrected chi connectivity index (χ4v) is 2.08. The number of hydrogen-bond donors (Lipinski definition) is 1. The molecule has 1 aliphatic rings. The maximum atomic E-state index is 11.5. The Balaban J connectivity index is 1.59. The Labute approximate surface area is 119 Å². The number of hydrogen-bond acceptors (Lipinski definition) is 5. The predicted molar refractivity (Wildman–Crippen MR) is 75.5 cm³/mol. The number of rotatable bonds is 6. The molecule has 2 unspecified atom stereocenters. The van der Waals surface area contributed by atoms with Gasteiger partial charge >= 0.3 is 5.97 Å². The highest BCUT2D eigenvalue weighted by Crippen LogP contribution is 2.19. The van der Waals surface area contributed by atoms with Gasteiger partial charge in [-0.2, -0.15) is 0 Å². The van der Waals surface area contributed by atoms with E-state index < -0.39 is 0 Å². The number of anilines is 1. The first-order valence-corrected chi connectivity index (χ1v) is 6.93. The third-order valence-corrected chi connectivity index (χ3v) is 3.21. The number of esters is 1. The summed E-state index contributed by atoms with van der Waals surface area (Å²) in [5.74, 6) is 0.434. The molecule has 0 spiro atoms. The van der Waals surface area contributed by atoms with E-state index in [2.05, 4.69) is 0 Å². The average Bonchev–Trinajstić information content (AvgIpc) is 2.85. The number of carbonyl (C=O) groups is 1. The first-order chi connectivity index (χ1) is 9.63. The van der Waals surface area contributed by atoms with Crippen LogP contribution in [0.15, 0.2) is 24.3 Å². The monoisotopic (exact) mass is 279 g/mol. The second-order valence-corrected chi connectivity index (χ2v) is 5.00. The van der Waals surface area contributed by atoms with Gasteiger partial charge in [-0.15, -0.1) is 0 Å². The van der Waals surface area contributed by atoms with Gasteiger partial charge in [-0.1, -0.05) is 0 Å². The number of nitrogens with two attached hydrogens (primary N) is 1. The van der Waals surface area contributed by atoms with Crippen LogP contribution in [0.4, 0.5) is 5.69 Å². The molecule has 0 amide bonds. The van der Waals surface area contributed by atoms with Gasteiger partial charge in [0.25, 0.3) is 0 Å². The van der Waals surface area contributed by atoms with Crippen molar-refractivity contribution in [1.82, 2.24) is 0 Å². The van der Waals surface area contributed by atoms with Gasteiger partial charge in [0.2, 0.25) is 0 Å². The van der Waals surface area contributed by atoms with Crippen LogP contribution in [-0.4, -0.2) is 31.4 Å². The molecule has 0 aliphatic carbocycles. The summed E-state index contributed by atoms with van der Waals surface area (Å²) in [6.45, 7) is 2.66. The normalized spacial score (nSPS) is 21.6. The molecular weight excluding hydrogens is 258 g/mol. The van der Waals surface area contributed by atoms with Crippen molar-refractivity contribution in [2.24, 2.45) is 0 Å². The molecule has 2 atom stereocenters. The van der Waals surface area contributed by atoms with Crippen LogP contribution in [0, 0.1) is 0 Å². The Hall–Kier alpha value is -1.75. The third kappa shape index (κ3) is 4.74. The molecule has 1 fully saturated rings. The Morgan fingerprint density at radius 2 is 2.10 bits per heavy atom. The lowest BCUT2D eigenvalue weighted by atomic mass is 10.2. The van der Waals surface area contributed by atoms with Crippen LogP contribution in [0.3, 0.4) is 0 Å². The molecule has 0 bridgehead atoms. The zero-order valence-corrected chi connectivity index (χ0v) is 11.7. The Morgan fingerprint density at radius 1 is 1.35 bits per heavy atom. The molecule has 110 valence electrons. The van der Waals surface area contributed by atoms with Gasteiger partial charge in [-0.25, -0.2) is 0 Å². The van der Waals surface area contributed by atoms with Crippen molar-refractivity contribution in [3.05, 3.63) is 24.3 Å². The van der Waals surface area contributed by atoms with Gasteiger partial charge < -0.3 is 19.9 Å². The lowest BCUT2D eigenvalue weighted by molar-refractivity contribution is -0.148. The van der Waals surface area contributed by atoms with Crippen molar-refractivity contribution in [2.75, 3.05) is 18.9 Å². The number of carbonyl (C=O) groups excluding carboxylic acids is 1. The number of nitrogen functional groups attached to an aromatic ring is 1. The van der Waals surface area contributed by atoms with Gasteiger partial charge in [0.05, 0.1) is 25.2 Å². The minimum absolute atomic E-state index is 0.0481. The van der Waals surface area contributed by atoms with Crippen LogP contribution < -0.4 is 10.5 Å². The van der Waals surface area contributed by atoms with E-state index in [1.54, 1.807) is 24.3 Å². The summed E-state index contributed by atoms with van der Waals surface area (Å²) in [5, 5.41) is 0.